The number of carbonyl (C=O) groups is 1. The van der Waals surface area contributed by atoms with E-state index in [4.69, 9.17) is 11.6 Å². The van der Waals surface area contributed by atoms with Crippen molar-refractivity contribution in [3.8, 4) is 6.07 Å². The number of carbonyl (C=O) groups excluding carboxylic acids is 1. The van der Waals surface area contributed by atoms with Gasteiger partial charge in [0.15, 0.2) is 5.54 Å². The molecule has 0 spiro atoms. The number of hydrogen-bond acceptors (Lipinski definition) is 4. The number of halogens is 1. The van der Waals surface area contributed by atoms with E-state index >= 15 is 0 Å². The third-order valence-corrected chi connectivity index (χ3v) is 5.93. The van der Waals surface area contributed by atoms with Crippen molar-refractivity contribution < 1.29 is 4.79 Å². The predicted molar refractivity (Wildman–Crippen MR) is 101 cm³/mol. The van der Waals surface area contributed by atoms with E-state index in [0.717, 1.165) is 44.2 Å². The zero-order valence-electron chi connectivity index (χ0n) is 15.1. The van der Waals surface area contributed by atoms with Gasteiger partial charge in [0.05, 0.1) is 18.3 Å². The lowest BCUT2D eigenvalue weighted by molar-refractivity contribution is 0.0911. The van der Waals surface area contributed by atoms with E-state index in [9.17, 15) is 10.1 Å². The molecule has 4 rings (SSSR count). The van der Waals surface area contributed by atoms with Crippen molar-refractivity contribution >= 4 is 17.5 Å². The number of aromatic nitrogens is 3. The standard InChI is InChI=1S/C20H22ClN5O/c21-16-8-4-7-15(11-16)19(27)23-18(14-5-2-1-3-6-14)17-12-26(25-24-17)20(13-22)9-10-20/h4,7-8,11-12,14,18H,1-3,5-6,9-10H2,(H,23,27)/t18-/m0/s1. The Hall–Kier alpha value is -2.39. The summed E-state index contributed by atoms with van der Waals surface area (Å²) >= 11 is 6.03. The summed E-state index contributed by atoms with van der Waals surface area (Å²) in [6.45, 7) is 0. The second kappa shape index (κ2) is 7.32. The highest BCUT2D eigenvalue weighted by Crippen LogP contribution is 2.43. The third-order valence-electron chi connectivity index (χ3n) is 5.69. The van der Waals surface area contributed by atoms with Gasteiger partial charge in [-0.3, -0.25) is 4.79 Å². The lowest BCUT2D eigenvalue weighted by Gasteiger charge is -2.29. The monoisotopic (exact) mass is 383 g/mol. The van der Waals surface area contributed by atoms with Crippen molar-refractivity contribution in [2.24, 2.45) is 5.92 Å². The molecule has 0 aliphatic heterocycles. The fourth-order valence-corrected chi connectivity index (χ4v) is 4.08. The normalized spacial score (nSPS) is 19.9. The number of nitrogens with zero attached hydrogens (tertiary/aromatic N) is 4. The van der Waals surface area contributed by atoms with Gasteiger partial charge in [0, 0.05) is 10.6 Å². The molecule has 27 heavy (non-hydrogen) atoms. The van der Waals surface area contributed by atoms with Gasteiger partial charge in [-0.05, 0) is 49.8 Å². The van der Waals surface area contributed by atoms with Gasteiger partial charge in [-0.2, -0.15) is 5.26 Å². The fraction of sp³-hybridized carbons (Fsp3) is 0.500. The molecule has 2 aliphatic rings. The van der Waals surface area contributed by atoms with Crippen LogP contribution < -0.4 is 5.32 Å². The minimum Gasteiger partial charge on any atom is -0.343 e. The van der Waals surface area contributed by atoms with Crippen LogP contribution in [0.25, 0.3) is 0 Å². The molecule has 7 heteroatoms. The first-order valence-electron chi connectivity index (χ1n) is 9.52. The van der Waals surface area contributed by atoms with Gasteiger partial charge in [-0.25, -0.2) is 4.68 Å². The molecule has 1 aromatic heterocycles. The number of amides is 1. The zero-order chi connectivity index (χ0) is 18.9. The summed E-state index contributed by atoms with van der Waals surface area (Å²) in [6.07, 6.45) is 9.09. The summed E-state index contributed by atoms with van der Waals surface area (Å²) in [5, 5.41) is 21.6. The van der Waals surface area contributed by atoms with Crippen molar-refractivity contribution in [2.75, 3.05) is 0 Å². The Balaban J connectivity index is 1.59. The molecule has 2 aromatic rings. The molecule has 2 saturated carbocycles. The minimum atomic E-state index is -0.542. The van der Waals surface area contributed by atoms with E-state index in [0.29, 0.717) is 16.5 Å². The van der Waals surface area contributed by atoms with Gasteiger partial charge >= 0.3 is 0 Å². The lowest BCUT2D eigenvalue weighted by Crippen LogP contribution is -2.34. The van der Waals surface area contributed by atoms with Crippen LogP contribution in [0, 0.1) is 17.2 Å². The Bertz CT molecular complexity index is 876. The molecule has 2 aliphatic carbocycles. The Morgan fingerprint density at radius 2 is 2.11 bits per heavy atom. The highest BCUT2D eigenvalue weighted by atomic mass is 35.5. The minimum absolute atomic E-state index is 0.163. The lowest BCUT2D eigenvalue weighted by atomic mass is 9.82. The molecule has 1 N–H and O–H groups in total. The van der Waals surface area contributed by atoms with Crippen LogP contribution in [0.15, 0.2) is 30.5 Å². The largest absolute Gasteiger partial charge is 0.343 e. The maximum atomic E-state index is 12.8. The zero-order valence-corrected chi connectivity index (χ0v) is 15.8. The molecule has 0 bridgehead atoms. The van der Waals surface area contributed by atoms with E-state index in [1.807, 2.05) is 6.20 Å². The van der Waals surface area contributed by atoms with Crippen LogP contribution >= 0.6 is 11.6 Å². The molecule has 140 valence electrons. The molecule has 1 amide bonds. The smallest absolute Gasteiger partial charge is 0.251 e. The van der Waals surface area contributed by atoms with E-state index < -0.39 is 5.54 Å². The van der Waals surface area contributed by atoms with Gasteiger partial charge in [-0.1, -0.05) is 42.1 Å². The number of benzene rings is 1. The second-order valence-corrected chi connectivity index (χ2v) is 8.03. The van der Waals surface area contributed by atoms with Crippen LogP contribution in [-0.4, -0.2) is 20.9 Å². The molecule has 0 saturated heterocycles. The summed E-state index contributed by atoms with van der Waals surface area (Å²) in [5.74, 6) is 0.160. The molecule has 1 atom stereocenters. The predicted octanol–water partition coefficient (Wildman–Crippen LogP) is 4.00. The molecular weight excluding hydrogens is 362 g/mol. The molecule has 1 aromatic carbocycles. The van der Waals surface area contributed by atoms with Gasteiger partial charge in [0.1, 0.15) is 5.69 Å². The molecule has 0 unspecified atom stereocenters. The quantitative estimate of drug-likeness (QED) is 0.845. The van der Waals surface area contributed by atoms with Gasteiger partial charge in [0.2, 0.25) is 0 Å². The maximum absolute atomic E-state index is 12.8. The SMILES string of the molecule is N#CC1(n2cc([C@@H](NC(=O)c3cccc(Cl)c3)C3CCCCC3)nn2)CC1. The van der Waals surface area contributed by atoms with Crippen molar-refractivity contribution in [1.82, 2.24) is 20.3 Å². The van der Waals surface area contributed by atoms with E-state index in [1.54, 1.807) is 28.9 Å². The Morgan fingerprint density at radius 3 is 2.78 bits per heavy atom. The highest BCUT2D eigenvalue weighted by molar-refractivity contribution is 6.30. The summed E-state index contributed by atoms with van der Waals surface area (Å²) < 4.78 is 1.67. The van der Waals surface area contributed by atoms with Crippen LogP contribution in [0.2, 0.25) is 5.02 Å². The van der Waals surface area contributed by atoms with Gasteiger partial charge in [0.25, 0.3) is 5.91 Å². The van der Waals surface area contributed by atoms with Crippen molar-refractivity contribution in [3.63, 3.8) is 0 Å². The number of nitriles is 1. The molecule has 2 fully saturated rings. The molecule has 1 heterocycles. The first-order chi connectivity index (χ1) is 13.1. The Labute approximate surface area is 163 Å². The molecular formula is C20H22ClN5O. The highest BCUT2D eigenvalue weighted by Gasteiger charge is 2.47. The Morgan fingerprint density at radius 1 is 1.33 bits per heavy atom. The van der Waals surface area contributed by atoms with Gasteiger partial charge in [-0.15, -0.1) is 5.10 Å². The summed E-state index contributed by atoms with van der Waals surface area (Å²) in [7, 11) is 0. The Kier molecular flexibility index (Phi) is 4.88. The molecule has 0 radical (unpaired) electrons. The van der Waals surface area contributed by atoms with Crippen LogP contribution in [0.4, 0.5) is 0 Å². The van der Waals surface area contributed by atoms with Gasteiger partial charge < -0.3 is 5.32 Å². The van der Waals surface area contributed by atoms with E-state index in [1.165, 1.54) is 6.42 Å². The fourth-order valence-electron chi connectivity index (χ4n) is 3.89. The molecule has 6 nitrogen and oxygen atoms in total. The number of nitrogens with one attached hydrogen (secondary N) is 1. The maximum Gasteiger partial charge on any atom is 0.251 e. The summed E-state index contributed by atoms with van der Waals surface area (Å²) in [5.41, 5.74) is 0.726. The topological polar surface area (TPSA) is 83.6 Å². The van der Waals surface area contributed by atoms with Crippen LogP contribution in [0.5, 0.6) is 0 Å². The first kappa shape index (κ1) is 18.0. The summed E-state index contributed by atoms with van der Waals surface area (Å²) in [6, 6.07) is 9.07. The second-order valence-electron chi connectivity index (χ2n) is 7.59. The van der Waals surface area contributed by atoms with Crippen molar-refractivity contribution in [2.45, 2.75) is 56.5 Å². The third kappa shape index (κ3) is 3.70. The van der Waals surface area contributed by atoms with Crippen molar-refractivity contribution in [1.29, 1.82) is 5.26 Å². The van der Waals surface area contributed by atoms with Crippen molar-refractivity contribution in [3.05, 3.63) is 46.7 Å². The average Bonchev–Trinajstić information content (AvgIpc) is 3.35. The first-order valence-corrected chi connectivity index (χ1v) is 9.89. The van der Waals surface area contributed by atoms with E-state index in [-0.39, 0.29) is 11.9 Å². The van der Waals surface area contributed by atoms with Crippen LogP contribution in [0.1, 0.15) is 67.0 Å². The average molecular weight is 384 g/mol. The number of hydrogen-bond donors (Lipinski definition) is 1. The number of rotatable bonds is 5. The summed E-state index contributed by atoms with van der Waals surface area (Å²) in [4.78, 5) is 12.8. The van der Waals surface area contributed by atoms with E-state index in [2.05, 4.69) is 21.7 Å². The van der Waals surface area contributed by atoms with Crippen LogP contribution in [0.3, 0.4) is 0 Å². The van der Waals surface area contributed by atoms with Crippen LogP contribution in [-0.2, 0) is 5.54 Å².